The van der Waals surface area contributed by atoms with Crippen LogP contribution in [-0.4, -0.2) is 23.0 Å². The number of hydrogen-bond donors (Lipinski definition) is 3. The highest BCUT2D eigenvalue weighted by atomic mass is 16.4. The molecule has 0 radical (unpaired) electrons. The summed E-state index contributed by atoms with van der Waals surface area (Å²) in [6.07, 6.45) is -0.124. The van der Waals surface area contributed by atoms with Crippen molar-refractivity contribution in [2.75, 3.05) is 0 Å². The number of nitrogens with one attached hydrogen (secondary N) is 1. The van der Waals surface area contributed by atoms with Crippen LogP contribution in [0.4, 0.5) is 4.79 Å². The Morgan fingerprint density at radius 3 is 2.31 bits per heavy atom. The minimum absolute atomic E-state index is 0.0186. The number of carboxylic acid groups (broad SMARTS) is 1. The van der Waals surface area contributed by atoms with Gasteiger partial charge >= 0.3 is 12.0 Å². The van der Waals surface area contributed by atoms with E-state index in [-0.39, 0.29) is 18.8 Å². The molecule has 1 unspecified atom stereocenters. The van der Waals surface area contributed by atoms with Gasteiger partial charge in [-0.05, 0) is 5.92 Å². The number of aliphatic carboxylic acids is 1. The van der Waals surface area contributed by atoms with E-state index in [4.69, 9.17) is 5.11 Å². The fourth-order valence-electron chi connectivity index (χ4n) is 0.875. The van der Waals surface area contributed by atoms with Gasteiger partial charge in [-0.1, -0.05) is 6.92 Å². The molecular weight excluding hydrogens is 176 g/mol. The smallest absolute Gasteiger partial charge is 0.318 e. The quantitative estimate of drug-likeness (QED) is 0.561. The van der Waals surface area contributed by atoms with Crippen molar-refractivity contribution in [1.29, 1.82) is 0 Å². The monoisotopic (exact) mass is 188 g/mol. The lowest BCUT2D eigenvalue weighted by atomic mass is 10.0. The third kappa shape index (κ3) is 6.79. The van der Waals surface area contributed by atoms with E-state index in [0.29, 0.717) is 0 Å². The number of primary amides is 1. The predicted octanol–water partition coefficient (Wildman–Crippen LogP) is -0.318. The summed E-state index contributed by atoms with van der Waals surface area (Å²) in [6, 6.07) is -0.924. The first kappa shape index (κ1) is 11.4. The summed E-state index contributed by atoms with van der Waals surface area (Å²) in [5.74, 6) is -1.84. The number of imide groups is 1. The molecule has 0 aliphatic carbocycles. The molecule has 4 N–H and O–H groups in total. The van der Waals surface area contributed by atoms with Crippen molar-refractivity contribution in [3.8, 4) is 0 Å². The lowest BCUT2D eigenvalue weighted by Crippen LogP contribution is -2.35. The van der Waals surface area contributed by atoms with Crippen LogP contribution < -0.4 is 11.1 Å². The maximum atomic E-state index is 10.8. The number of nitrogens with two attached hydrogens (primary N) is 1. The van der Waals surface area contributed by atoms with E-state index in [9.17, 15) is 14.4 Å². The third-order valence-corrected chi connectivity index (χ3v) is 1.32. The van der Waals surface area contributed by atoms with E-state index in [1.165, 1.54) is 0 Å². The number of amides is 3. The third-order valence-electron chi connectivity index (χ3n) is 1.32. The van der Waals surface area contributed by atoms with Gasteiger partial charge in [0.15, 0.2) is 0 Å². The van der Waals surface area contributed by atoms with Gasteiger partial charge in [-0.25, -0.2) is 4.79 Å². The van der Waals surface area contributed by atoms with Gasteiger partial charge in [0.05, 0.1) is 0 Å². The Morgan fingerprint density at radius 1 is 1.38 bits per heavy atom. The van der Waals surface area contributed by atoms with E-state index in [1.54, 1.807) is 6.92 Å². The topological polar surface area (TPSA) is 109 Å². The Morgan fingerprint density at radius 2 is 1.92 bits per heavy atom. The zero-order valence-electron chi connectivity index (χ0n) is 7.24. The van der Waals surface area contributed by atoms with Gasteiger partial charge < -0.3 is 10.8 Å². The first-order valence-electron chi connectivity index (χ1n) is 3.73. The van der Waals surface area contributed by atoms with E-state index in [1.807, 2.05) is 5.32 Å². The molecule has 0 aromatic carbocycles. The zero-order valence-corrected chi connectivity index (χ0v) is 7.24. The van der Waals surface area contributed by atoms with Gasteiger partial charge in [-0.3, -0.25) is 14.9 Å². The second-order valence-corrected chi connectivity index (χ2v) is 2.82. The van der Waals surface area contributed by atoms with E-state index in [2.05, 4.69) is 5.73 Å². The lowest BCUT2D eigenvalue weighted by Gasteiger charge is -2.06. The number of carbonyl (C=O) groups is 3. The molecule has 0 aromatic heterocycles. The van der Waals surface area contributed by atoms with Crippen LogP contribution in [0.15, 0.2) is 0 Å². The molecule has 0 saturated carbocycles. The van der Waals surface area contributed by atoms with Crippen LogP contribution in [0.25, 0.3) is 0 Å². The highest BCUT2D eigenvalue weighted by Crippen LogP contribution is 2.06. The minimum Gasteiger partial charge on any atom is -0.481 e. The van der Waals surface area contributed by atoms with Crippen LogP contribution in [0, 0.1) is 5.92 Å². The van der Waals surface area contributed by atoms with E-state index >= 15 is 0 Å². The molecule has 0 aromatic rings. The molecule has 6 nitrogen and oxygen atoms in total. The van der Waals surface area contributed by atoms with Crippen molar-refractivity contribution in [1.82, 2.24) is 5.32 Å². The van der Waals surface area contributed by atoms with Crippen LogP contribution in [0.3, 0.4) is 0 Å². The Bertz CT molecular complexity index is 227. The van der Waals surface area contributed by atoms with Crippen LogP contribution in [0.5, 0.6) is 0 Å². The maximum absolute atomic E-state index is 10.8. The van der Waals surface area contributed by atoms with Gasteiger partial charge in [-0.2, -0.15) is 0 Å². The Labute approximate surface area is 75.1 Å². The second kappa shape index (κ2) is 5.13. The molecule has 6 heteroatoms. The Hall–Kier alpha value is -1.59. The standard InChI is InChI=1S/C7H12N2O4/c1-4(3-6(11)12)2-5(10)9-7(8)13/h4H,2-3H2,1H3,(H,11,12)(H3,8,9,10,13). The summed E-state index contributed by atoms with van der Waals surface area (Å²) in [5.41, 5.74) is 4.68. The van der Waals surface area contributed by atoms with Crippen molar-refractivity contribution in [3.63, 3.8) is 0 Å². The molecule has 3 amide bonds. The van der Waals surface area contributed by atoms with Crippen molar-refractivity contribution in [2.24, 2.45) is 11.7 Å². The second-order valence-electron chi connectivity index (χ2n) is 2.82. The first-order valence-corrected chi connectivity index (χ1v) is 3.73. The summed E-state index contributed by atoms with van der Waals surface area (Å²) in [4.78, 5) is 31.2. The summed E-state index contributed by atoms with van der Waals surface area (Å²) < 4.78 is 0. The van der Waals surface area contributed by atoms with Gasteiger partial charge in [0, 0.05) is 12.8 Å². The Kier molecular flexibility index (Phi) is 4.50. The van der Waals surface area contributed by atoms with Crippen molar-refractivity contribution >= 4 is 17.9 Å². The fourth-order valence-corrected chi connectivity index (χ4v) is 0.875. The minimum atomic E-state index is -0.973. The maximum Gasteiger partial charge on any atom is 0.318 e. The van der Waals surface area contributed by atoms with Crippen molar-refractivity contribution in [3.05, 3.63) is 0 Å². The van der Waals surface area contributed by atoms with Gasteiger partial charge in [0.2, 0.25) is 5.91 Å². The van der Waals surface area contributed by atoms with Crippen LogP contribution in [-0.2, 0) is 9.59 Å². The number of carbonyl (C=O) groups excluding carboxylic acids is 2. The van der Waals surface area contributed by atoms with Gasteiger partial charge in [-0.15, -0.1) is 0 Å². The molecule has 0 fully saturated rings. The molecule has 0 bridgehead atoms. The summed E-state index contributed by atoms with van der Waals surface area (Å²) in [7, 11) is 0. The number of rotatable bonds is 4. The highest BCUT2D eigenvalue weighted by Gasteiger charge is 2.13. The predicted molar refractivity (Wildman–Crippen MR) is 43.8 cm³/mol. The molecule has 0 aliphatic rings. The molecule has 0 heterocycles. The largest absolute Gasteiger partial charge is 0.481 e. The van der Waals surface area contributed by atoms with Gasteiger partial charge in [0.1, 0.15) is 0 Å². The van der Waals surface area contributed by atoms with Crippen molar-refractivity contribution in [2.45, 2.75) is 19.8 Å². The molecule has 0 saturated heterocycles. The highest BCUT2D eigenvalue weighted by molar-refractivity contribution is 5.93. The lowest BCUT2D eigenvalue weighted by molar-refractivity contribution is -0.138. The number of carboxylic acids is 1. The first-order chi connectivity index (χ1) is 5.91. The molecular formula is C7H12N2O4. The van der Waals surface area contributed by atoms with Crippen LogP contribution in [0.1, 0.15) is 19.8 Å². The van der Waals surface area contributed by atoms with E-state index < -0.39 is 17.9 Å². The van der Waals surface area contributed by atoms with E-state index in [0.717, 1.165) is 0 Å². The normalized spacial score (nSPS) is 11.8. The van der Waals surface area contributed by atoms with Crippen LogP contribution >= 0.6 is 0 Å². The molecule has 13 heavy (non-hydrogen) atoms. The summed E-state index contributed by atoms with van der Waals surface area (Å²) >= 11 is 0. The molecule has 0 spiro atoms. The molecule has 0 aliphatic heterocycles. The SMILES string of the molecule is CC(CC(=O)O)CC(=O)NC(N)=O. The van der Waals surface area contributed by atoms with Gasteiger partial charge in [0.25, 0.3) is 0 Å². The average molecular weight is 188 g/mol. The molecule has 0 rings (SSSR count). The summed E-state index contributed by atoms with van der Waals surface area (Å²) in [5, 5.41) is 10.2. The summed E-state index contributed by atoms with van der Waals surface area (Å²) in [6.45, 7) is 1.61. The fraction of sp³-hybridized carbons (Fsp3) is 0.571. The number of urea groups is 1. The number of hydrogen-bond acceptors (Lipinski definition) is 3. The molecule has 1 atom stereocenters. The average Bonchev–Trinajstić information content (AvgIpc) is 1.80. The van der Waals surface area contributed by atoms with Crippen molar-refractivity contribution < 1.29 is 19.5 Å². The molecule has 74 valence electrons. The van der Waals surface area contributed by atoms with Crippen LogP contribution in [0.2, 0.25) is 0 Å². The zero-order chi connectivity index (χ0) is 10.4. The Balaban J connectivity index is 3.78.